The lowest BCUT2D eigenvalue weighted by Gasteiger charge is -2.42. The number of rotatable bonds is 3. The van der Waals surface area contributed by atoms with Crippen molar-refractivity contribution >= 4 is 5.91 Å². The van der Waals surface area contributed by atoms with E-state index in [0.717, 1.165) is 17.7 Å². The van der Waals surface area contributed by atoms with Gasteiger partial charge in [0.15, 0.2) is 0 Å². The molecule has 1 N–H and O–H groups in total. The first kappa shape index (κ1) is 19.8. The fourth-order valence-electron chi connectivity index (χ4n) is 4.21. The zero-order valence-electron chi connectivity index (χ0n) is 16.3. The van der Waals surface area contributed by atoms with Crippen LogP contribution in [0.4, 0.5) is 8.78 Å². The standard InChI is InChI=1S/C20H23F2N3O4/c1-11(26)12-7-5-9-15-17(12)29-20(21,22)19(28)25(15)10-16-23-14-8-4-3-6-13(14)18(27)24(16)2/h5,7,11,15,26H,3-4,6,8-10H2,1-2H3/t11-,15?/m0/s1. The first-order valence-electron chi connectivity index (χ1n) is 9.75. The van der Waals surface area contributed by atoms with Crippen LogP contribution in [0.5, 0.6) is 0 Å². The summed E-state index contributed by atoms with van der Waals surface area (Å²) in [5, 5.41) is 9.95. The van der Waals surface area contributed by atoms with Crippen molar-refractivity contribution in [3.8, 4) is 0 Å². The molecule has 0 spiro atoms. The van der Waals surface area contributed by atoms with Gasteiger partial charge in [-0.2, -0.15) is 8.78 Å². The van der Waals surface area contributed by atoms with Crippen LogP contribution in [0.1, 0.15) is 43.3 Å². The number of morpholine rings is 1. The molecule has 2 atom stereocenters. The number of amides is 1. The summed E-state index contributed by atoms with van der Waals surface area (Å²) in [6.45, 7) is 1.21. The normalized spacial score (nSPS) is 24.1. The lowest BCUT2D eigenvalue weighted by atomic mass is 9.94. The van der Waals surface area contributed by atoms with E-state index in [1.54, 1.807) is 13.1 Å². The molecule has 156 valence electrons. The number of fused-ring (bicyclic) bond motifs is 2. The minimum Gasteiger partial charge on any atom is -0.427 e. The van der Waals surface area contributed by atoms with Crippen molar-refractivity contribution in [3.63, 3.8) is 0 Å². The van der Waals surface area contributed by atoms with Crippen LogP contribution in [0.25, 0.3) is 0 Å². The Labute approximate surface area is 166 Å². The van der Waals surface area contributed by atoms with Crippen molar-refractivity contribution in [2.45, 2.75) is 63.8 Å². The zero-order chi connectivity index (χ0) is 20.9. The number of carbonyl (C=O) groups excluding carboxylic acids is 1. The molecule has 9 heteroatoms. The summed E-state index contributed by atoms with van der Waals surface area (Å²) in [6.07, 6.45) is 1.59. The molecular formula is C20H23F2N3O4. The second kappa shape index (κ2) is 7.05. The first-order valence-corrected chi connectivity index (χ1v) is 9.75. The highest BCUT2D eigenvalue weighted by atomic mass is 19.3. The molecule has 1 amide bonds. The zero-order valence-corrected chi connectivity index (χ0v) is 16.3. The molecule has 1 unspecified atom stereocenters. The molecule has 29 heavy (non-hydrogen) atoms. The van der Waals surface area contributed by atoms with Gasteiger partial charge in [-0.15, -0.1) is 0 Å². The molecule has 2 aliphatic carbocycles. The Hall–Kier alpha value is -2.55. The van der Waals surface area contributed by atoms with Crippen molar-refractivity contribution < 1.29 is 23.4 Å². The number of hydrogen-bond acceptors (Lipinski definition) is 5. The van der Waals surface area contributed by atoms with Gasteiger partial charge in [0.2, 0.25) is 0 Å². The summed E-state index contributed by atoms with van der Waals surface area (Å²) >= 11 is 0. The molecule has 0 aromatic carbocycles. The van der Waals surface area contributed by atoms with E-state index in [4.69, 9.17) is 4.74 Å². The summed E-state index contributed by atoms with van der Waals surface area (Å²) < 4.78 is 34.8. The van der Waals surface area contributed by atoms with E-state index < -0.39 is 24.2 Å². The Morgan fingerprint density at radius 3 is 2.79 bits per heavy atom. The first-order chi connectivity index (χ1) is 13.7. The van der Waals surface area contributed by atoms with Gasteiger partial charge in [0.25, 0.3) is 5.56 Å². The lowest BCUT2D eigenvalue weighted by molar-refractivity contribution is -0.245. The SMILES string of the molecule is C[C@H](O)C1=C2OC(F)(F)C(=O)N(Cc3nc4c(c(=O)n3C)CCCC4)C2CC=C1. The quantitative estimate of drug-likeness (QED) is 0.822. The third kappa shape index (κ3) is 3.27. The number of carbonyl (C=O) groups is 1. The monoisotopic (exact) mass is 407 g/mol. The van der Waals surface area contributed by atoms with E-state index in [1.807, 2.05) is 0 Å². The molecule has 2 heterocycles. The van der Waals surface area contributed by atoms with Gasteiger partial charge >= 0.3 is 12.0 Å². The van der Waals surface area contributed by atoms with Crippen molar-refractivity contribution in [1.29, 1.82) is 0 Å². The van der Waals surface area contributed by atoms with Crippen LogP contribution < -0.4 is 5.56 Å². The summed E-state index contributed by atoms with van der Waals surface area (Å²) in [5.41, 5.74) is 1.37. The third-order valence-corrected chi connectivity index (χ3v) is 5.78. The number of aliphatic hydroxyl groups is 1. The summed E-state index contributed by atoms with van der Waals surface area (Å²) in [7, 11) is 1.54. The maximum absolute atomic E-state index is 14.4. The second-order valence-electron chi connectivity index (χ2n) is 7.73. The van der Waals surface area contributed by atoms with Crippen LogP contribution in [0.2, 0.25) is 0 Å². The number of halogens is 2. The van der Waals surface area contributed by atoms with Crippen LogP contribution in [0.15, 0.2) is 28.3 Å². The van der Waals surface area contributed by atoms with E-state index in [9.17, 15) is 23.5 Å². The number of ether oxygens (including phenoxy) is 1. The average molecular weight is 407 g/mol. The largest absolute Gasteiger partial charge is 0.482 e. The predicted octanol–water partition coefficient (Wildman–Crippen LogP) is 1.57. The van der Waals surface area contributed by atoms with E-state index in [2.05, 4.69) is 4.98 Å². The number of alkyl halides is 2. The van der Waals surface area contributed by atoms with E-state index >= 15 is 0 Å². The van der Waals surface area contributed by atoms with Crippen molar-refractivity contribution in [2.24, 2.45) is 7.05 Å². The van der Waals surface area contributed by atoms with E-state index in [-0.39, 0.29) is 35.7 Å². The highest BCUT2D eigenvalue weighted by Gasteiger charge is 2.54. The molecule has 1 aromatic heterocycles. The number of nitrogens with zero attached hydrogens (tertiary/aromatic N) is 3. The summed E-state index contributed by atoms with van der Waals surface area (Å²) in [5.74, 6) is -1.33. The minimum absolute atomic E-state index is 0.116. The number of aliphatic hydroxyl groups excluding tert-OH is 1. The van der Waals surface area contributed by atoms with Gasteiger partial charge < -0.3 is 14.7 Å². The van der Waals surface area contributed by atoms with Crippen LogP contribution in [-0.4, -0.2) is 43.7 Å². The van der Waals surface area contributed by atoms with E-state index in [0.29, 0.717) is 24.1 Å². The van der Waals surface area contributed by atoms with Gasteiger partial charge in [-0.3, -0.25) is 14.2 Å². The van der Waals surface area contributed by atoms with E-state index in [1.165, 1.54) is 17.6 Å². The molecule has 1 fully saturated rings. The Morgan fingerprint density at radius 1 is 1.34 bits per heavy atom. The Balaban J connectivity index is 1.76. The Morgan fingerprint density at radius 2 is 2.07 bits per heavy atom. The molecule has 1 aromatic rings. The Kier molecular flexibility index (Phi) is 4.80. The van der Waals surface area contributed by atoms with Crippen LogP contribution >= 0.6 is 0 Å². The molecule has 4 rings (SSSR count). The van der Waals surface area contributed by atoms with Crippen LogP contribution in [-0.2, 0) is 36.0 Å². The fraction of sp³-hybridized carbons (Fsp3) is 0.550. The predicted molar refractivity (Wildman–Crippen MR) is 99.0 cm³/mol. The highest BCUT2D eigenvalue weighted by Crippen LogP contribution is 2.39. The number of aryl methyl sites for hydroxylation is 1. The molecule has 1 aliphatic heterocycles. The molecule has 0 saturated carbocycles. The topological polar surface area (TPSA) is 84.7 Å². The van der Waals surface area contributed by atoms with Crippen molar-refractivity contribution in [3.05, 3.63) is 50.9 Å². The van der Waals surface area contributed by atoms with Gasteiger partial charge in [-0.25, -0.2) is 4.98 Å². The molecular weight excluding hydrogens is 384 g/mol. The number of hydrogen-bond donors (Lipinski definition) is 1. The van der Waals surface area contributed by atoms with Gasteiger partial charge in [0.05, 0.1) is 24.4 Å². The lowest BCUT2D eigenvalue weighted by Crippen LogP contribution is -2.57. The third-order valence-electron chi connectivity index (χ3n) is 5.78. The number of aromatic nitrogens is 2. The maximum atomic E-state index is 14.4. The van der Waals surface area contributed by atoms with Gasteiger partial charge in [-0.1, -0.05) is 12.2 Å². The Bertz CT molecular complexity index is 981. The van der Waals surface area contributed by atoms with Crippen LogP contribution in [0.3, 0.4) is 0 Å². The maximum Gasteiger partial charge on any atom is 0.482 e. The second-order valence-corrected chi connectivity index (χ2v) is 7.73. The molecule has 1 saturated heterocycles. The fourth-order valence-corrected chi connectivity index (χ4v) is 4.21. The molecule has 3 aliphatic rings. The van der Waals surface area contributed by atoms with Crippen molar-refractivity contribution in [1.82, 2.24) is 14.5 Å². The highest BCUT2D eigenvalue weighted by molar-refractivity contribution is 5.84. The average Bonchev–Trinajstić information content (AvgIpc) is 2.68. The summed E-state index contributed by atoms with van der Waals surface area (Å²) in [4.78, 5) is 30.7. The summed E-state index contributed by atoms with van der Waals surface area (Å²) in [6, 6.07) is -0.787. The minimum atomic E-state index is -4.05. The van der Waals surface area contributed by atoms with Gasteiger partial charge in [0.1, 0.15) is 11.6 Å². The van der Waals surface area contributed by atoms with Crippen molar-refractivity contribution in [2.75, 3.05) is 0 Å². The molecule has 7 nitrogen and oxygen atoms in total. The van der Waals surface area contributed by atoms with Crippen LogP contribution in [0, 0.1) is 0 Å². The molecule has 0 bridgehead atoms. The smallest absolute Gasteiger partial charge is 0.427 e. The van der Waals surface area contributed by atoms with Gasteiger partial charge in [-0.05, 0) is 39.0 Å². The van der Waals surface area contributed by atoms with Gasteiger partial charge in [0, 0.05) is 18.2 Å². The molecule has 0 radical (unpaired) electrons.